The second-order valence-corrected chi connectivity index (χ2v) is 4.00. The van der Waals surface area contributed by atoms with E-state index in [0.29, 0.717) is 11.1 Å². The summed E-state index contributed by atoms with van der Waals surface area (Å²) in [4.78, 5) is 4.20. The molecule has 0 aliphatic heterocycles. The van der Waals surface area contributed by atoms with Gasteiger partial charge in [0, 0.05) is 11.8 Å². The molecule has 2 rings (SSSR count). The molecule has 0 unspecified atom stereocenters. The van der Waals surface area contributed by atoms with Crippen molar-refractivity contribution in [1.29, 1.82) is 0 Å². The molecule has 0 aliphatic rings. The molecule has 2 aromatic rings. The van der Waals surface area contributed by atoms with Crippen LogP contribution < -0.4 is 0 Å². The Morgan fingerprint density at radius 2 is 2.13 bits per heavy atom. The van der Waals surface area contributed by atoms with Crippen molar-refractivity contribution in [2.45, 2.75) is 19.8 Å². The molecule has 3 nitrogen and oxygen atoms in total. The zero-order chi connectivity index (χ0) is 10.8. The number of hydrogen-bond acceptors (Lipinski definition) is 2. The van der Waals surface area contributed by atoms with Crippen molar-refractivity contribution in [1.82, 2.24) is 14.8 Å². The topological polar surface area (TPSA) is 30.7 Å². The lowest BCUT2D eigenvalue weighted by atomic mass is 10.1. The summed E-state index contributed by atoms with van der Waals surface area (Å²) in [6.07, 6.45) is 3.52. The van der Waals surface area contributed by atoms with Gasteiger partial charge in [-0.05, 0) is 18.1 Å². The summed E-state index contributed by atoms with van der Waals surface area (Å²) < 4.78 is 1.65. The van der Waals surface area contributed by atoms with E-state index in [2.05, 4.69) is 23.9 Å². The van der Waals surface area contributed by atoms with Gasteiger partial charge in [0.2, 0.25) is 0 Å². The van der Waals surface area contributed by atoms with Crippen LogP contribution in [0.3, 0.4) is 0 Å². The molecule has 0 spiro atoms. The highest BCUT2D eigenvalue weighted by atomic mass is 35.5. The standard InChI is InChI=1S/C11H12ClN3/c1-8(2)9-7-14-15(11(9)12)10-5-3-4-6-13-10/h3-8H,1-2H3. The third-order valence-electron chi connectivity index (χ3n) is 2.22. The quantitative estimate of drug-likeness (QED) is 0.781. The van der Waals surface area contributed by atoms with E-state index in [1.165, 1.54) is 0 Å². The molecule has 0 radical (unpaired) electrons. The smallest absolute Gasteiger partial charge is 0.155 e. The Hall–Kier alpha value is -1.35. The van der Waals surface area contributed by atoms with Crippen LogP contribution in [0.1, 0.15) is 25.3 Å². The summed E-state index contributed by atoms with van der Waals surface area (Å²) in [6, 6.07) is 5.66. The second-order valence-electron chi connectivity index (χ2n) is 3.65. The summed E-state index contributed by atoms with van der Waals surface area (Å²) in [5, 5.41) is 4.87. The van der Waals surface area contributed by atoms with E-state index in [0.717, 1.165) is 11.4 Å². The molecular formula is C11H12ClN3. The molecular weight excluding hydrogens is 210 g/mol. The Balaban J connectivity index is 2.47. The van der Waals surface area contributed by atoms with Crippen LogP contribution in [-0.4, -0.2) is 14.8 Å². The van der Waals surface area contributed by atoms with E-state index in [4.69, 9.17) is 11.6 Å². The van der Waals surface area contributed by atoms with E-state index in [9.17, 15) is 0 Å². The highest BCUT2D eigenvalue weighted by Gasteiger charge is 2.12. The lowest BCUT2D eigenvalue weighted by molar-refractivity contribution is 0.840. The van der Waals surface area contributed by atoms with Crippen LogP contribution in [0.2, 0.25) is 5.15 Å². The third-order valence-corrected chi connectivity index (χ3v) is 2.60. The van der Waals surface area contributed by atoms with Crippen LogP contribution in [0.25, 0.3) is 5.82 Å². The normalized spacial score (nSPS) is 10.9. The summed E-state index contributed by atoms with van der Waals surface area (Å²) >= 11 is 6.21. The molecule has 0 N–H and O–H groups in total. The summed E-state index contributed by atoms with van der Waals surface area (Å²) in [5.41, 5.74) is 1.04. The Labute approximate surface area is 93.7 Å². The first-order valence-electron chi connectivity index (χ1n) is 4.85. The molecule has 78 valence electrons. The minimum Gasteiger partial charge on any atom is -0.237 e. The van der Waals surface area contributed by atoms with E-state index in [1.807, 2.05) is 18.2 Å². The molecule has 4 heteroatoms. The fourth-order valence-corrected chi connectivity index (χ4v) is 1.77. The van der Waals surface area contributed by atoms with Crippen molar-refractivity contribution in [2.75, 3.05) is 0 Å². The minimum absolute atomic E-state index is 0.370. The van der Waals surface area contributed by atoms with Crippen LogP contribution in [0, 0.1) is 0 Å². The third kappa shape index (κ3) is 1.88. The minimum atomic E-state index is 0.370. The van der Waals surface area contributed by atoms with Crippen molar-refractivity contribution in [3.63, 3.8) is 0 Å². The van der Waals surface area contributed by atoms with Crippen LogP contribution in [-0.2, 0) is 0 Å². The van der Waals surface area contributed by atoms with Gasteiger partial charge >= 0.3 is 0 Å². The Bertz CT molecular complexity index is 448. The lowest BCUT2D eigenvalue weighted by Crippen LogP contribution is -1.99. The van der Waals surface area contributed by atoms with Crippen LogP contribution in [0.5, 0.6) is 0 Å². The highest BCUT2D eigenvalue weighted by molar-refractivity contribution is 6.30. The van der Waals surface area contributed by atoms with Crippen molar-refractivity contribution in [3.05, 3.63) is 41.3 Å². The number of aromatic nitrogens is 3. The molecule has 0 aromatic carbocycles. The van der Waals surface area contributed by atoms with Gasteiger partial charge in [-0.1, -0.05) is 31.5 Å². The van der Waals surface area contributed by atoms with Gasteiger partial charge in [0.1, 0.15) is 5.15 Å². The second kappa shape index (κ2) is 4.03. The SMILES string of the molecule is CC(C)c1cnn(-c2ccccn2)c1Cl. The average Bonchev–Trinajstić information content (AvgIpc) is 2.61. The Morgan fingerprint density at radius 1 is 1.33 bits per heavy atom. The van der Waals surface area contributed by atoms with Gasteiger partial charge in [0.25, 0.3) is 0 Å². The monoisotopic (exact) mass is 221 g/mol. The maximum atomic E-state index is 6.21. The van der Waals surface area contributed by atoms with Crippen LogP contribution >= 0.6 is 11.6 Å². The zero-order valence-electron chi connectivity index (χ0n) is 8.68. The van der Waals surface area contributed by atoms with E-state index in [1.54, 1.807) is 17.1 Å². The molecule has 0 saturated heterocycles. The zero-order valence-corrected chi connectivity index (χ0v) is 9.44. The van der Waals surface area contributed by atoms with E-state index in [-0.39, 0.29) is 0 Å². The Morgan fingerprint density at radius 3 is 2.67 bits per heavy atom. The molecule has 0 atom stereocenters. The van der Waals surface area contributed by atoms with Gasteiger partial charge in [-0.25, -0.2) is 9.67 Å². The number of halogens is 1. The van der Waals surface area contributed by atoms with Gasteiger partial charge in [-0.3, -0.25) is 0 Å². The van der Waals surface area contributed by atoms with Crippen LogP contribution in [0.15, 0.2) is 30.6 Å². The molecule has 2 heterocycles. The fraction of sp³-hybridized carbons (Fsp3) is 0.273. The number of rotatable bonds is 2. The molecule has 2 aromatic heterocycles. The fourth-order valence-electron chi connectivity index (χ4n) is 1.37. The largest absolute Gasteiger partial charge is 0.237 e. The van der Waals surface area contributed by atoms with E-state index >= 15 is 0 Å². The van der Waals surface area contributed by atoms with E-state index < -0.39 is 0 Å². The van der Waals surface area contributed by atoms with Crippen molar-refractivity contribution in [2.24, 2.45) is 0 Å². The van der Waals surface area contributed by atoms with Gasteiger partial charge in [-0.15, -0.1) is 0 Å². The lowest BCUT2D eigenvalue weighted by Gasteiger charge is -2.03. The molecule has 0 saturated carbocycles. The van der Waals surface area contributed by atoms with Gasteiger partial charge in [0.05, 0.1) is 6.20 Å². The summed E-state index contributed by atoms with van der Waals surface area (Å²) in [6.45, 7) is 4.18. The summed E-state index contributed by atoms with van der Waals surface area (Å²) in [7, 11) is 0. The number of pyridine rings is 1. The maximum Gasteiger partial charge on any atom is 0.155 e. The highest BCUT2D eigenvalue weighted by Crippen LogP contribution is 2.25. The van der Waals surface area contributed by atoms with Gasteiger partial charge in [0.15, 0.2) is 5.82 Å². The Kier molecular flexibility index (Phi) is 2.73. The average molecular weight is 222 g/mol. The maximum absolute atomic E-state index is 6.21. The first kappa shape index (κ1) is 10.2. The number of nitrogens with zero attached hydrogens (tertiary/aromatic N) is 3. The molecule has 0 fully saturated rings. The molecule has 0 aliphatic carbocycles. The number of hydrogen-bond donors (Lipinski definition) is 0. The summed E-state index contributed by atoms with van der Waals surface area (Å²) in [5.74, 6) is 1.12. The van der Waals surface area contributed by atoms with Crippen molar-refractivity contribution >= 4 is 11.6 Å². The molecule has 0 bridgehead atoms. The molecule has 15 heavy (non-hydrogen) atoms. The first-order chi connectivity index (χ1) is 7.20. The van der Waals surface area contributed by atoms with Crippen molar-refractivity contribution in [3.8, 4) is 5.82 Å². The van der Waals surface area contributed by atoms with Gasteiger partial charge in [-0.2, -0.15) is 5.10 Å². The van der Waals surface area contributed by atoms with Crippen molar-refractivity contribution < 1.29 is 0 Å². The first-order valence-corrected chi connectivity index (χ1v) is 5.22. The predicted molar refractivity (Wildman–Crippen MR) is 60.5 cm³/mol. The molecule has 0 amide bonds. The van der Waals surface area contributed by atoms with Gasteiger partial charge < -0.3 is 0 Å². The predicted octanol–water partition coefficient (Wildman–Crippen LogP) is 3.04. The van der Waals surface area contributed by atoms with Crippen LogP contribution in [0.4, 0.5) is 0 Å².